The van der Waals surface area contributed by atoms with Crippen molar-refractivity contribution < 1.29 is 4.43 Å². The molecule has 3 heteroatoms. The Kier molecular flexibility index (Phi) is 4.09. The third-order valence-electron chi connectivity index (χ3n) is 2.16. The van der Waals surface area contributed by atoms with E-state index in [9.17, 15) is 0 Å². The van der Waals surface area contributed by atoms with Crippen molar-refractivity contribution in [1.82, 2.24) is 0 Å². The largest absolute Gasteiger partial charge is 0.548 e. The molecule has 0 amide bonds. The third-order valence-corrected chi connectivity index (χ3v) is 3.93. The van der Waals surface area contributed by atoms with E-state index in [1.807, 2.05) is 0 Å². The second-order valence-corrected chi connectivity index (χ2v) is 15.7. The van der Waals surface area contributed by atoms with Crippen LogP contribution in [0.2, 0.25) is 39.3 Å². The lowest BCUT2D eigenvalue weighted by atomic mass is 10.1. The summed E-state index contributed by atoms with van der Waals surface area (Å²) in [6.45, 7) is 13.6. The van der Waals surface area contributed by atoms with Crippen LogP contribution in [0.5, 0.6) is 0 Å². The van der Waals surface area contributed by atoms with Crippen molar-refractivity contribution in [3.63, 3.8) is 0 Å². The van der Waals surface area contributed by atoms with Gasteiger partial charge in [-0.25, -0.2) is 0 Å². The lowest BCUT2D eigenvalue weighted by Gasteiger charge is -2.19. The molecule has 1 aliphatic rings. The molecule has 0 saturated carbocycles. The molecule has 1 unspecified atom stereocenters. The first kappa shape index (κ1) is 13.6. The van der Waals surface area contributed by atoms with Crippen molar-refractivity contribution in [3.8, 4) is 11.5 Å². The molecule has 0 aliphatic heterocycles. The van der Waals surface area contributed by atoms with E-state index in [1.165, 1.54) is 5.76 Å². The summed E-state index contributed by atoms with van der Waals surface area (Å²) in [7, 11) is -2.64. The molecule has 90 valence electrons. The van der Waals surface area contributed by atoms with Gasteiger partial charge in [-0.05, 0) is 32.1 Å². The SMILES string of the molecule is C[Si](C)(C)C#CC1C=C(O[Si](C)(C)C)CC1. The molecule has 0 heterocycles. The fourth-order valence-electron chi connectivity index (χ4n) is 1.59. The molecule has 1 rings (SSSR count). The molecule has 0 bridgehead atoms. The van der Waals surface area contributed by atoms with E-state index in [0.29, 0.717) is 5.92 Å². The molecule has 0 aromatic rings. The van der Waals surface area contributed by atoms with Crippen molar-refractivity contribution >= 4 is 16.4 Å². The topological polar surface area (TPSA) is 9.23 Å². The molecule has 0 fully saturated rings. The third kappa shape index (κ3) is 5.57. The van der Waals surface area contributed by atoms with Gasteiger partial charge >= 0.3 is 0 Å². The minimum Gasteiger partial charge on any atom is -0.548 e. The van der Waals surface area contributed by atoms with Crippen LogP contribution in [0, 0.1) is 17.4 Å². The molecule has 0 N–H and O–H groups in total. The van der Waals surface area contributed by atoms with E-state index in [1.54, 1.807) is 0 Å². The number of hydrogen-bond acceptors (Lipinski definition) is 1. The first-order valence-electron chi connectivity index (χ1n) is 6.08. The van der Waals surface area contributed by atoms with E-state index in [4.69, 9.17) is 4.43 Å². The van der Waals surface area contributed by atoms with Crippen LogP contribution < -0.4 is 0 Å². The Balaban J connectivity index is 2.59. The summed E-state index contributed by atoms with van der Waals surface area (Å²) in [4.78, 5) is 0. The molecule has 0 radical (unpaired) electrons. The van der Waals surface area contributed by atoms with E-state index in [0.717, 1.165) is 12.8 Å². The lowest BCUT2D eigenvalue weighted by molar-refractivity contribution is 0.408. The second-order valence-electron chi connectivity index (χ2n) is 6.51. The molecule has 0 spiro atoms. The summed E-state index contributed by atoms with van der Waals surface area (Å²) in [5, 5.41) is 0. The Labute approximate surface area is 102 Å². The zero-order chi connectivity index (χ0) is 12.4. The van der Waals surface area contributed by atoms with E-state index >= 15 is 0 Å². The van der Waals surface area contributed by atoms with Gasteiger partial charge in [-0.3, -0.25) is 0 Å². The summed E-state index contributed by atoms with van der Waals surface area (Å²) < 4.78 is 6.00. The van der Waals surface area contributed by atoms with Gasteiger partial charge in [0.05, 0.1) is 5.76 Å². The average molecular weight is 253 g/mol. The maximum absolute atomic E-state index is 6.00. The first-order valence-corrected chi connectivity index (χ1v) is 13.0. The molecule has 16 heavy (non-hydrogen) atoms. The van der Waals surface area contributed by atoms with E-state index < -0.39 is 16.4 Å². The van der Waals surface area contributed by atoms with Gasteiger partial charge < -0.3 is 4.43 Å². The minimum atomic E-state index is -1.42. The minimum absolute atomic E-state index is 0.443. The van der Waals surface area contributed by atoms with Gasteiger partial charge in [0.15, 0.2) is 0 Å². The van der Waals surface area contributed by atoms with Crippen molar-refractivity contribution in [2.75, 3.05) is 0 Å². The molecular formula is C13H24OSi2. The highest BCUT2D eigenvalue weighted by Gasteiger charge is 2.22. The van der Waals surface area contributed by atoms with Crippen molar-refractivity contribution in [3.05, 3.63) is 11.8 Å². The Morgan fingerprint density at radius 3 is 2.31 bits per heavy atom. The maximum atomic E-state index is 6.00. The monoisotopic (exact) mass is 252 g/mol. The van der Waals surface area contributed by atoms with Crippen LogP contribution >= 0.6 is 0 Å². The Hall–Kier alpha value is -0.466. The molecular weight excluding hydrogens is 228 g/mol. The van der Waals surface area contributed by atoms with Crippen LogP contribution in [0.25, 0.3) is 0 Å². The van der Waals surface area contributed by atoms with E-state index in [2.05, 4.69) is 56.8 Å². The van der Waals surface area contributed by atoms with Crippen LogP contribution in [0.4, 0.5) is 0 Å². The molecule has 0 aromatic heterocycles. The predicted octanol–water partition coefficient (Wildman–Crippen LogP) is 4.01. The fraction of sp³-hybridized carbons (Fsp3) is 0.692. The van der Waals surface area contributed by atoms with Crippen LogP contribution in [0.15, 0.2) is 11.8 Å². The highest BCUT2D eigenvalue weighted by molar-refractivity contribution is 6.83. The van der Waals surface area contributed by atoms with Crippen LogP contribution in [0.3, 0.4) is 0 Å². The van der Waals surface area contributed by atoms with Crippen molar-refractivity contribution in [2.45, 2.75) is 52.1 Å². The predicted molar refractivity (Wildman–Crippen MR) is 76.4 cm³/mol. The summed E-state index contributed by atoms with van der Waals surface area (Å²) in [5.74, 6) is 5.04. The maximum Gasteiger partial charge on any atom is 0.241 e. The van der Waals surface area contributed by atoms with Gasteiger partial charge in [0.1, 0.15) is 8.07 Å². The van der Waals surface area contributed by atoms with Crippen molar-refractivity contribution in [2.24, 2.45) is 5.92 Å². The van der Waals surface area contributed by atoms with Gasteiger partial charge in [0.2, 0.25) is 8.32 Å². The Morgan fingerprint density at radius 2 is 1.81 bits per heavy atom. The highest BCUT2D eigenvalue weighted by Crippen LogP contribution is 2.27. The summed E-state index contributed by atoms with van der Waals surface area (Å²) >= 11 is 0. The van der Waals surface area contributed by atoms with Crippen LogP contribution in [-0.2, 0) is 4.43 Å². The standard InChI is InChI=1S/C13H24OSi2/c1-15(2,3)10-9-12-7-8-13(11-12)14-16(4,5)6/h11-12H,7-8H2,1-6H3. The fourth-order valence-corrected chi connectivity index (χ4v) is 3.17. The van der Waals surface area contributed by atoms with Crippen LogP contribution in [-0.4, -0.2) is 16.4 Å². The van der Waals surface area contributed by atoms with E-state index in [-0.39, 0.29) is 0 Å². The first-order chi connectivity index (χ1) is 7.16. The quantitative estimate of drug-likeness (QED) is 0.533. The van der Waals surface area contributed by atoms with Gasteiger partial charge in [-0.1, -0.05) is 19.6 Å². The molecule has 0 aromatic carbocycles. The lowest BCUT2D eigenvalue weighted by Crippen LogP contribution is -2.24. The molecule has 1 nitrogen and oxygen atoms in total. The van der Waals surface area contributed by atoms with Gasteiger partial charge in [0, 0.05) is 12.3 Å². The Bertz CT molecular complexity index is 334. The Morgan fingerprint density at radius 1 is 1.19 bits per heavy atom. The molecule has 1 aliphatic carbocycles. The van der Waals surface area contributed by atoms with Gasteiger partial charge in [-0.15, -0.1) is 11.5 Å². The zero-order valence-corrected chi connectivity index (χ0v) is 13.5. The zero-order valence-electron chi connectivity index (χ0n) is 11.5. The smallest absolute Gasteiger partial charge is 0.241 e. The van der Waals surface area contributed by atoms with Crippen molar-refractivity contribution in [1.29, 1.82) is 0 Å². The molecule has 0 saturated heterocycles. The van der Waals surface area contributed by atoms with Gasteiger partial charge in [-0.2, -0.15) is 0 Å². The number of rotatable bonds is 2. The number of hydrogen-bond donors (Lipinski definition) is 0. The summed E-state index contributed by atoms with van der Waals surface area (Å²) in [5.41, 5.74) is 3.45. The summed E-state index contributed by atoms with van der Waals surface area (Å²) in [6, 6.07) is 0. The second kappa shape index (κ2) is 4.81. The van der Waals surface area contributed by atoms with Crippen LogP contribution in [0.1, 0.15) is 12.8 Å². The summed E-state index contributed by atoms with van der Waals surface area (Å²) in [6.07, 6.45) is 4.47. The highest BCUT2D eigenvalue weighted by atomic mass is 28.4. The van der Waals surface area contributed by atoms with Gasteiger partial charge in [0.25, 0.3) is 0 Å². The average Bonchev–Trinajstić information content (AvgIpc) is 2.44. The molecule has 1 atom stereocenters. The number of allylic oxidation sites excluding steroid dienone is 2. The normalized spacial score (nSPS) is 21.1.